The summed E-state index contributed by atoms with van der Waals surface area (Å²) in [4.78, 5) is 4.57. The van der Waals surface area contributed by atoms with Gasteiger partial charge in [-0.25, -0.2) is 4.98 Å². The van der Waals surface area contributed by atoms with Gasteiger partial charge < -0.3 is 10.2 Å². The van der Waals surface area contributed by atoms with Gasteiger partial charge in [-0.3, -0.25) is 4.68 Å². The van der Waals surface area contributed by atoms with E-state index in [0.29, 0.717) is 5.82 Å². The zero-order chi connectivity index (χ0) is 14.5. The third kappa shape index (κ3) is 2.05. The standard InChI is InChI=1S/C15H18N4O/c1-15(2,3)14-17-11-7-9(5-6-12(11)20-14)10-8-13(16)19(4)18-10/h5-8H,16H2,1-4H3. The minimum atomic E-state index is -0.103. The normalized spacial score (nSPS) is 12.2. The van der Waals surface area contributed by atoms with Gasteiger partial charge in [0, 0.05) is 24.1 Å². The largest absolute Gasteiger partial charge is 0.440 e. The smallest absolute Gasteiger partial charge is 0.200 e. The van der Waals surface area contributed by atoms with E-state index in [0.717, 1.165) is 28.2 Å². The Balaban J connectivity index is 2.11. The Hall–Kier alpha value is -2.30. The number of nitrogens with zero attached hydrogens (tertiary/aromatic N) is 3. The Kier molecular flexibility index (Phi) is 2.61. The van der Waals surface area contributed by atoms with Crippen LogP contribution in [0.1, 0.15) is 26.7 Å². The third-order valence-electron chi connectivity index (χ3n) is 3.24. The second-order valence-corrected chi connectivity index (χ2v) is 6.03. The molecule has 2 aromatic heterocycles. The Morgan fingerprint density at radius 3 is 2.55 bits per heavy atom. The van der Waals surface area contributed by atoms with Gasteiger partial charge >= 0.3 is 0 Å². The summed E-state index contributed by atoms with van der Waals surface area (Å²) in [6.45, 7) is 6.24. The van der Waals surface area contributed by atoms with Crippen molar-refractivity contribution in [2.75, 3.05) is 5.73 Å². The van der Waals surface area contributed by atoms with Gasteiger partial charge in [-0.15, -0.1) is 0 Å². The molecule has 20 heavy (non-hydrogen) atoms. The van der Waals surface area contributed by atoms with E-state index >= 15 is 0 Å². The molecule has 5 nitrogen and oxygen atoms in total. The van der Waals surface area contributed by atoms with Crippen LogP contribution in [0.5, 0.6) is 0 Å². The first-order chi connectivity index (χ1) is 9.34. The van der Waals surface area contributed by atoms with E-state index in [9.17, 15) is 0 Å². The first kappa shape index (κ1) is 12.7. The number of aromatic nitrogens is 3. The van der Waals surface area contributed by atoms with Gasteiger partial charge in [-0.2, -0.15) is 5.10 Å². The molecule has 0 aliphatic heterocycles. The number of benzene rings is 1. The number of aryl methyl sites for hydroxylation is 1. The van der Waals surface area contributed by atoms with Crippen LogP contribution in [0.2, 0.25) is 0 Å². The number of anilines is 1. The van der Waals surface area contributed by atoms with Gasteiger partial charge in [-0.1, -0.05) is 20.8 Å². The lowest BCUT2D eigenvalue weighted by atomic mass is 9.97. The molecule has 0 saturated carbocycles. The zero-order valence-corrected chi connectivity index (χ0v) is 12.1. The highest BCUT2D eigenvalue weighted by Crippen LogP contribution is 2.29. The Bertz CT molecular complexity index is 757. The molecule has 0 fully saturated rings. The van der Waals surface area contributed by atoms with Gasteiger partial charge in [-0.05, 0) is 18.2 Å². The van der Waals surface area contributed by atoms with E-state index in [4.69, 9.17) is 10.2 Å². The molecule has 3 rings (SSSR count). The second kappa shape index (κ2) is 4.10. The molecule has 0 aliphatic carbocycles. The maximum atomic E-state index is 5.82. The van der Waals surface area contributed by atoms with Crippen LogP contribution < -0.4 is 5.73 Å². The summed E-state index contributed by atoms with van der Waals surface area (Å²) in [7, 11) is 1.82. The van der Waals surface area contributed by atoms with Crippen LogP contribution in [0, 0.1) is 0 Å². The highest BCUT2D eigenvalue weighted by molar-refractivity contribution is 5.80. The molecule has 0 amide bonds. The fraction of sp³-hybridized carbons (Fsp3) is 0.333. The van der Waals surface area contributed by atoms with Crippen LogP contribution in [-0.2, 0) is 12.5 Å². The van der Waals surface area contributed by atoms with Crippen molar-refractivity contribution in [3.05, 3.63) is 30.2 Å². The van der Waals surface area contributed by atoms with Crippen LogP contribution in [-0.4, -0.2) is 14.8 Å². The molecule has 0 unspecified atom stereocenters. The number of nitrogen functional groups attached to an aromatic ring is 1. The summed E-state index contributed by atoms with van der Waals surface area (Å²) < 4.78 is 7.45. The lowest BCUT2D eigenvalue weighted by Crippen LogP contribution is -2.10. The van der Waals surface area contributed by atoms with Gasteiger partial charge in [0.15, 0.2) is 5.58 Å². The van der Waals surface area contributed by atoms with Crippen LogP contribution in [0.25, 0.3) is 22.4 Å². The van der Waals surface area contributed by atoms with E-state index < -0.39 is 0 Å². The van der Waals surface area contributed by atoms with Crippen molar-refractivity contribution < 1.29 is 4.42 Å². The fourth-order valence-corrected chi connectivity index (χ4v) is 2.03. The van der Waals surface area contributed by atoms with E-state index in [1.165, 1.54) is 0 Å². The van der Waals surface area contributed by atoms with Crippen molar-refractivity contribution >= 4 is 16.9 Å². The van der Waals surface area contributed by atoms with Crippen molar-refractivity contribution in [1.82, 2.24) is 14.8 Å². The quantitative estimate of drug-likeness (QED) is 0.737. The molecular weight excluding hydrogens is 252 g/mol. The average Bonchev–Trinajstić information content (AvgIpc) is 2.92. The molecular formula is C15H18N4O. The minimum absolute atomic E-state index is 0.103. The number of fused-ring (bicyclic) bond motifs is 1. The van der Waals surface area contributed by atoms with Crippen molar-refractivity contribution in [1.29, 1.82) is 0 Å². The molecule has 0 saturated heterocycles. The van der Waals surface area contributed by atoms with E-state index in [1.807, 2.05) is 31.3 Å². The summed E-state index contributed by atoms with van der Waals surface area (Å²) in [6, 6.07) is 7.74. The van der Waals surface area contributed by atoms with Crippen LogP contribution >= 0.6 is 0 Å². The highest BCUT2D eigenvalue weighted by Gasteiger charge is 2.21. The lowest BCUT2D eigenvalue weighted by Gasteiger charge is -2.11. The van der Waals surface area contributed by atoms with Gasteiger partial charge in [0.05, 0.1) is 5.69 Å². The number of hydrogen-bond donors (Lipinski definition) is 1. The fourth-order valence-electron chi connectivity index (χ4n) is 2.03. The average molecular weight is 270 g/mol. The predicted octanol–water partition coefficient (Wildman–Crippen LogP) is 3.11. The molecule has 2 N–H and O–H groups in total. The van der Waals surface area contributed by atoms with E-state index in [2.05, 4.69) is 30.9 Å². The maximum Gasteiger partial charge on any atom is 0.200 e. The van der Waals surface area contributed by atoms with Crippen molar-refractivity contribution in [3.8, 4) is 11.3 Å². The SMILES string of the molecule is Cn1nc(-c2ccc3oc(C(C)(C)C)nc3c2)cc1N. The first-order valence-electron chi connectivity index (χ1n) is 6.55. The van der Waals surface area contributed by atoms with Gasteiger partial charge in [0.1, 0.15) is 11.3 Å². The Labute approximate surface area is 117 Å². The highest BCUT2D eigenvalue weighted by atomic mass is 16.3. The molecule has 2 heterocycles. The number of rotatable bonds is 1. The molecule has 3 aromatic rings. The van der Waals surface area contributed by atoms with E-state index in [1.54, 1.807) is 4.68 Å². The third-order valence-corrected chi connectivity index (χ3v) is 3.24. The zero-order valence-electron chi connectivity index (χ0n) is 12.1. The Morgan fingerprint density at radius 1 is 1.20 bits per heavy atom. The van der Waals surface area contributed by atoms with Crippen LogP contribution in [0.15, 0.2) is 28.7 Å². The molecule has 1 aromatic carbocycles. The van der Waals surface area contributed by atoms with Crippen molar-refractivity contribution in [2.24, 2.45) is 7.05 Å². The van der Waals surface area contributed by atoms with Gasteiger partial charge in [0.25, 0.3) is 0 Å². The molecule has 0 aliphatic rings. The monoisotopic (exact) mass is 270 g/mol. The first-order valence-corrected chi connectivity index (χ1v) is 6.55. The molecule has 5 heteroatoms. The summed E-state index contributed by atoms with van der Waals surface area (Å²) in [5, 5.41) is 4.38. The number of nitrogens with two attached hydrogens (primary N) is 1. The minimum Gasteiger partial charge on any atom is -0.440 e. The van der Waals surface area contributed by atoms with Crippen molar-refractivity contribution in [2.45, 2.75) is 26.2 Å². The predicted molar refractivity (Wildman–Crippen MR) is 79.3 cm³/mol. The Morgan fingerprint density at radius 2 is 1.95 bits per heavy atom. The molecule has 0 radical (unpaired) electrons. The second-order valence-electron chi connectivity index (χ2n) is 6.03. The summed E-state index contributed by atoms with van der Waals surface area (Å²) in [5.41, 5.74) is 9.18. The molecule has 0 bridgehead atoms. The summed E-state index contributed by atoms with van der Waals surface area (Å²) in [5.74, 6) is 1.38. The lowest BCUT2D eigenvalue weighted by molar-refractivity contribution is 0.411. The molecule has 0 atom stereocenters. The maximum absolute atomic E-state index is 5.82. The summed E-state index contributed by atoms with van der Waals surface area (Å²) in [6.07, 6.45) is 0. The number of oxazole rings is 1. The summed E-state index contributed by atoms with van der Waals surface area (Å²) >= 11 is 0. The topological polar surface area (TPSA) is 69.9 Å². The van der Waals surface area contributed by atoms with Crippen LogP contribution in [0.4, 0.5) is 5.82 Å². The molecule has 0 spiro atoms. The molecule has 104 valence electrons. The van der Waals surface area contributed by atoms with Crippen molar-refractivity contribution in [3.63, 3.8) is 0 Å². The van der Waals surface area contributed by atoms with Gasteiger partial charge in [0.2, 0.25) is 5.89 Å². The van der Waals surface area contributed by atoms with E-state index in [-0.39, 0.29) is 5.41 Å². The number of hydrogen-bond acceptors (Lipinski definition) is 4. The van der Waals surface area contributed by atoms with Crippen LogP contribution in [0.3, 0.4) is 0 Å².